The van der Waals surface area contributed by atoms with Gasteiger partial charge in [0.1, 0.15) is 0 Å². The second-order valence-electron chi connectivity index (χ2n) is 4.76. The van der Waals surface area contributed by atoms with E-state index in [0.717, 1.165) is 5.56 Å². The van der Waals surface area contributed by atoms with E-state index in [0.29, 0.717) is 28.7 Å². The molecule has 0 saturated heterocycles. The first-order valence-electron chi connectivity index (χ1n) is 6.41. The zero-order valence-electron chi connectivity index (χ0n) is 11.0. The fourth-order valence-electron chi connectivity index (χ4n) is 2.47. The predicted octanol–water partition coefficient (Wildman–Crippen LogP) is 3.56. The Morgan fingerprint density at radius 1 is 1.24 bits per heavy atom. The normalized spacial score (nSPS) is 13.1. The van der Waals surface area contributed by atoms with Crippen LogP contribution in [0.5, 0.6) is 0 Å². The van der Waals surface area contributed by atoms with E-state index in [2.05, 4.69) is 15.9 Å². The summed E-state index contributed by atoms with van der Waals surface area (Å²) in [5, 5.41) is 10.9. The third-order valence-electron chi connectivity index (χ3n) is 3.52. The summed E-state index contributed by atoms with van der Waals surface area (Å²) < 4.78 is 0.717. The van der Waals surface area contributed by atoms with Gasteiger partial charge in [0.25, 0.3) is 11.6 Å². The molecule has 1 aliphatic rings. The van der Waals surface area contributed by atoms with Gasteiger partial charge in [0, 0.05) is 23.2 Å². The van der Waals surface area contributed by atoms with Crippen LogP contribution in [0.15, 0.2) is 46.9 Å². The molecule has 0 bridgehead atoms. The quantitative estimate of drug-likeness (QED) is 0.616. The number of nitrogens with zero attached hydrogens (tertiary/aromatic N) is 2. The van der Waals surface area contributed by atoms with Crippen molar-refractivity contribution in [3.05, 3.63) is 68.2 Å². The SMILES string of the molecule is O=C(c1ccccc1Br)N1CCc2ccc([N+](=O)[O-])cc21. The Hall–Kier alpha value is -2.21. The van der Waals surface area contributed by atoms with Crippen molar-refractivity contribution in [1.82, 2.24) is 0 Å². The number of hydrogen-bond donors (Lipinski definition) is 0. The average Bonchev–Trinajstić information content (AvgIpc) is 2.90. The lowest BCUT2D eigenvalue weighted by atomic mass is 10.1. The average molecular weight is 347 g/mol. The lowest BCUT2D eigenvalue weighted by molar-refractivity contribution is -0.384. The smallest absolute Gasteiger partial charge is 0.271 e. The van der Waals surface area contributed by atoms with E-state index in [1.807, 2.05) is 6.07 Å². The summed E-state index contributed by atoms with van der Waals surface area (Å²) in [6.45, 7) is 0.538. The Morgan fingerprint density at radius 2 is 2.00 bits per heavy atom. The van der Waals surface area contributed by atoms with Crippen LogP contribution in [0.2, 0.25) is 0 Å². The molecule has 0 unspecified atom stereocenters. The van der Waals surface area contributed by atoms with Crippen molar-refractivity contribution in [2.75, 3.05) is 11.4 Å². The summed E-state index contributed by atoms with van der Waals surface area (Å²) in [6.07, 6.45) is 0.712. The molecule has 0 aromatic heterocycles. The first-order valence-corrected chi connectivity index (χ1v) is 7.21. The second-order valence-corrected chi connectivity index (χ2v) is 5.61. The molecule has 0 spiro atoms. The Bertz CT molecular complexity index is 745. The standard InChI is InChI=1S/C15H11BrN2O3/c16-13-4-2-1-3-12(13)15(19)17-8-7-10-5-6-11(18(20)21)9-14(10)17/h1-6,9H,7-8H2. The van der Waals surface area contributed by atoms with Crippen molar-refractivity contribution in [2.24, 2.45) is 0 Å². The summed E-state index contributed by atoms with van der Waals surface area (Å²) >= 11 is 3.37. The first-order chi connectivity index (χ1) is 10.1. The number of halogens is 1. The van der Waals surface area contributed by atoms with Crippen LogP contribution in [0.4, 0.5) is 11.4 Å². The van der Waals surface area contributed by atoms with Gasteiger partial charge < -0.3 is 4.90 Å². The maximum absolute atomic E-state index is 12.6. The number of nitro benzene ring substituents is 1. The lowest BCUT2D eigenvalue weighted by Gasteiger charge is -2.18. The van der Waals surface area contributed by atoms with Gasteiger partial charge >= 0.3 is 0 Å². The van der Waals surface area contributed by atoms with E-state index in [1.165, 1.54) is 12.1 Å². The van der Waals surface area contributed by atoms with Gasteiger partial charge in [-0.3, -0.25) is 14.9 Å². The fourth-order valence-corrected chi connectivity index (χ4v) is 2.93. The van der Waals surface area contributed by atoms with Crippen LogP contribution < -0.4 is 4.90 Å². The molecule has 2 aromatic carbocycles. The molecule has 6 heteroatoms. The molecule has 0 radical (unpaired) electrons. The summed E-state index contributed by atoms with van der Waals surface area (Å²) in [5.41, 5.74) is 2.14. The van der Waals surface area contributed by atoms with E-state index in [-0.39, 0.29) is 11.6 Å². The van der Waals surface area contributed by atoms with Crippen molar-refractivity contribution in [1.29, 1.82) is 0 Å². The molecule has 1 amide bonds. The number of fused-ring (bicyclic) bond motifs is 1. The summed E-state index contributed by atoms with van der Waals surface area (Å²) in [5.74, 6) is -0.151. The molecule has 2 aromatic rings. The van der Waals surface area contributed by atoms with E-state index in [4.69, 9.17) is 0 Å². The van der Waals surface area contributed by atoms with Gasteiger partial charge in [-0.25, -0.2) is 0 Å². The van der Waals surface area contributed by atoms with Gasteiger partial charge in [0.15, 0.2) is 0 Å². The molecule has 0 N–H and O–H groups in total. The van der Waals surface area contributed by atoms with Gasteiger partial charge in [-0.15, -0.1) is 0 Å². The molecule has 0 fully saturated rings. The van der Waals surface area contributed by atoms with Crippen LogP contribution in [-0.4, -0.2) is 17.4 Å². The minimum absolute atomic E-state index is 0.000535. The molecule has 1 heterocycles. The lowest BCUT2D eigenvalue weighted by Crippen LogP contribution is -2.29. The number of benzene rings is 2. The fraction of sp³-hybridized carbons (Fsp3) is 0.133. The van der Waals surface area contributed by atoms with Crippen molar-refractivity contribution in [3.8, 4) is 0 Å². The maximum Gasteiger partial charge on any atom is 0.271 e. The first kappa shape index (κ1) is 13.8. The molecule has 1 aliphatic heterocycles. The number of amides is 1. The van der Waals surface area contributed by atoms with Crippen molar-refractivity contribution in [2.45, 2.75) is 6.42 Å². The summed E-state index contributed by atoms with van der Waals surface area (Å²) in [7, 11) is 0. The van der Waals surface area contributed by atoms with Gasteiger partial charge in [-0.05, 0) is 40.0 Å². The summed E-state index contributed by atoms with van der Waals surface area (Å²) in [6, 6.07) is 11.8. The van der Waals surface area contributed by atoms with E-state index < -0.39 is 4.92 Å². The Morgan fingerprint density at radius 3 is 2.71 bits per heavy atom. The van der Waals surface area contributed by atoms with E-state index in [9.17, 15) is 14.9 Å². The van der Waals surface area contributed by atoms with Gasteiger partial charge in [-0.1, -0.05) is 18.2 Å². The Balaban J connectivity index is 2.01. The largest absolute Gasteiger partial charge is 0.307 e. The van der Waals surface area contributed by atoms with E-state index in [1.54, 1.807) is 29.2 Å². The third-order valence-corrected chi connectivity index (χ3v) is 4.22. The number of anilines is 1. The minimum atomic E-state index is -0.445. The maximum atomic E-state index is 12.6. The van der Waals surface area contributed by atoms with Crippen LogP contribution in [-0.2, 0) is 6.42 Å². The van der Waals surface area contributed by atoms with Gasteiger partial charge in [0.2, 0.25) is 0 Å². The number of carbonyl (C=O) groups excluding carboxylic acids is 1. The van der Waals surface area contributed by atoms with Gasteiger partial charge in [0.05, 0.1) is 16.2 Å². The van der Waals surface area contributed by atoms with Crippen LogP contribution in [0.25, 0.3) is 0 Å². The number of hydrogen-bond acceptors (Lipinski definition) is 3. The number of carbonyl (C=O) groups is 1. The minimum Gasteiger partial charge on any atom is -0.307 e. The van der Waals surface area contributed by atoms with Crippen LogP contribution in [0.1, 0.15) is 15.9 Å². The molecule has 106 valence electrons. The molecule has 0 aliphatic carbocycles. The predicted molar refractivity (Wildman–Crippen MR) is 82.6 cm³/mol. The van der Waals surface area contributed by atoms with Gasteiger partial charge in [-0.2, -0.15) is 0 Å². The highest BCUT2D eigenvalue weighted by molar-refractivity contribution is 9.10. The number of non-ortho nitro benzene ring substituents is 1. The van der Waals surface area contributed by atoms with Crippen LogP contribution >= 0.6 is 15.9 Å². The van der Waals surface area contributed by atoms with Crippen molar-refractivity contribution >= 4 is 33.2 Å². The highest BCUT2D eigenvalue weighted by Gasteiger charge is 2.28. The molecule has 5 nitrogen and oxygen atoms in total. The third kappa shape index (κ3) is 2.42. The van der Waals surface area contributed by atoms with Crippen LogP contribution in [0, 0.1) is 10.1 Å². The Labute approximate surface area is 129 Å². The zero-order valence-corrected chi connectivity index (χ0v) is 12.5. The van der Waals surface area contributed by atoms with E-state index >= 15 is 0 Å². The van der Waals surface area contributed by atoms with Crippen LogP contribution in [0.3, 0.4) is 0 Å². The molecule has 0 atom stereocenters. The number of nitro groups is 1. The molecule has 0 saturated carbocycles. The van der Waals surface area contributed by atoms with Crippen molar-refractivity contribution < 1.29 is 9.72 Å². The van der Waals surface area contributed by atoms with Crippen molar-refractivity contribution in [3.63, 3.8) is 0 Å². The molecule has 3 rings (SSSR count). The zero-order chi connectivity index (χ0) is 15.0. The monoisotopic (exact) mass is 346 g/mol. The molecular formula is C15H11BrN2O3. The highest BCUT2D eigenvalue weighted by atomic mass is 79.9. The topological polar surface area (TPSA) is 63.5 Å². The highest BCUT2D eigenvalue weighted by Crippen LogP contribution is 2.33. The second kappa shape index (κ2) is 5.29. The number of rotatable bonds is 2. The molecular weight excluding hydrogens is 336 g/mol. The Kier molecular flexibility index (Phi) is 3.47. The summed E-state index contributed by atoms with van der Waals surface area (Å²) in [4.78, 5) is 24.7. The molecule has 21 heavy (non-hydrogen) atoms.